The standard InChI is InChI=1S/C18H17FN2O3/c1-18(11-23-10-17(20-18)21-24-12-22)15-4-2-3-14(9-15)13-5-7-16(19)8-6-13/h2-9,12H,10-11H2,1H3,(H,20,21). The van der Waals surface area contributed by atoms with Gasteiger partial charge in [0.2, 0.25) is 0 Å². The van der Waals surface area contributed by atoms with E-state index in [1.807, 2.05) is 31.2 Å². The van der Waals surface area contributed by atoms with Crippen LogP contribution in [0.2, 0.25) is 0 Å². The highest BCUT2D eigenvalue weighted by atomic mass is 19.1. The van der Waals surface area contributed by atoms with Crippen LogP contribution < -0.4 is 5.48 Å². The SMILES string of the molecule is CC1(c2cccc(-c3ccc(F)cc3)c2)COCC(NOC=O)=N1. The predicted molar refractivity (Wildman–Crippen MR) is 87.7 cm³/mol. The zero-order valence-electron chi connectivity index (χ0n) is 13.2. The molecule has 0 amide bonds. The van der Waals surface area contributed by atoms with Gasteiger partial charge in [0.15, 0.2) is 5.84 Å². The lowest BCUT2D eigenvalue weighted by Gasteiger charge is -2.31. The van der Waals surface area contributed by atoms with Crippen molar-refractivity contribution in [2.45, 2.75) is 12.5 Å². The highest BCUT2D eigenvalue weighted by Gasteiger charge is 2.31. The first-order valence-electron chi connectivity index (χ1n) is 7.49. The number of benzene rings is 2. The molecule has 2 aromatic rings. The summed E-state index contributed by atoms with van der Waals surface area (Å²) < 4.78 is 18.7. The van der Waals surface area contributed by atoms with Crippen LogP contribution in [-0.4, -0.2) is 25.5 Å². The molecule has 1 heterocycles. The Bertz CT molecular complexity index is 761. The lowest BCUT2D eigenvalue weighted by molar-refractivity contribution is -0.132. The van der Waals surface area contributed by atoms with E-state index in [2.05, 4.69) is 15.3 Å². The van der Waals surface area contributed by atoms with Crippen LogP contribution in [-0.2, 0) is 19.9 Å². The van der Waals surface area contributed by atoms with E-state index >= 15 is 0 Å². The summed E-state index contributed by atoms with van der Waals surface area (Å²) in [6.07, 6.45) is 0. The van der Waals surface area contributed by atoms with Gasteiger partial charge in [-0.25, -0.2) is 9.87 Å². The molecule has 0 aliphatic carbocycles. The van der Waals surface area contributed by atoms with E-state index in [9.17, 15) is 9.18 Å². The molecule has 124 valence electrons. The van der Waals surface area contributed by atoms with Gasteiger partial charge >= 0.3 is 6.47 Å². The molecule has 1 aliphatic rings. The minimum atomic E-state index is -0.608. The number of aliphatic imine (C=N–C) groups is 1. The average Bonchev–Trinajstić information content (AvgIpc) is 2.61. The summed E-state index contributed by atoms with van der Waals surface area (Å²) in [5, 5.41) is 0. The van der Waals surface area contributed by atoms with Crippen LogP contribution in [0.25, 0.3) is 11.1 Å². The maximum atomic E-state index is 13.1. The molecule has 2 aromatic carbocycles. The van der Waals surface area contributed by atoms with Crippen molar-refractivity contribution in [3.8, 4) is 11.1 Å². The third kappa shape index (κ3) is 3.44. The van der Waals surface area contributed by atoms with Gasteiger partial charge in [0.05, 0.1) is 6.61 Å². The molecular formula is C18H17FN2O3. The number of ether oxygens (including phenoxy) is 1. The zero-order valence-corrected chi connectivity index (χ0v) is 13.2. The number of carbonyl (C=O) groups excluding carboxylic acids is 1. The van der Waals surface area contributed by atoms with Gasteiger partial charge in [-0.15, -0.1) is 0 Å². The van der Waals surface area contributed by atoms with Crippen LogP contribution >= 0.6 is 0 Å². The van der Waals surface area contributed by atoms with Gasteiger partial charge in [0, 0.05) is 0 Å². The van der Waals surface area contributed by atoms with Crippen LogP contribution in [0.3, 0.4) is 0 Å². The van der Waals surface area contributed by atoms with Crippen LogP contribution in [0.1, 0.15) is 12.5 Å². The molecule has 24 heavy (non-hydrogen) atoms. The van der Waals surface area contributed by atoms with E-state index in [1.165, 1.54) is 12.1 Å². The molecule has 1 atom stereocenters. The quantitative estimate of drug-likeness (QED) is 0.692. The molecule has 3 rings (SSSR count). The number of amidine groups is 1. The topological polar surface area (TPSA) is 59.9 Å². The van der Waals surface area contributed by atoms with E-state index in [0.29, 0.717) is 18.9 Å². The minimum Gasteiger partial charge on any atom is -0.371 e. The highest BCUT2D eigenvalue weighted by Crippen LogP contribution is 2.31. The Morgan fingerprint density at radius 3 is 2.79 bits per heavy atom. The van der Waals surface area contributed by atoms with Crippen molar-refractivity contribution in [1.82, 2.24) is 5.48 Å². The third-order valence-electron chi connectivity index (χ3n) is 3.89. The van der Waals surface area contributed by atoms with Gasteiger partial charge in [0.1, 0.15) is 18.0 Å². The molecule has 1 N–H and O–H groups in total. The molecular weight excluding hydrogens is 311 g/mol. The number of halogens is 1. The normalized spacial score (nSPS) is 20.2. The van der Waals surface area contributed by atoms with Crippen LogP contribution in [0.5, 0.6) is 0 Å². The fourth-order valence-corrected chi connectivity index (χ4v) is 2.68. The van der Waals surface area contributed by atoms with Crippen LogP contribution in [0.4, 0.5) is 4.39 Å². The van der Waals surface area contributed by atoms with E-state index < -0.39 is 5.54 Å². The molecule has 6 heteroatoms. The molecule has 1 aliphatic heterocycles. The number of nitrogens with one attached hydrogen (secondary N) is 1. The van der Waals surface area contributed by atoms with Gasteiger partial charge < -0.3 is 9.57 Å². The Morgan fingerprint density at radius 1 is 1.25 bits per heavy atom. The van der Waals surface area contributed by atoms with Gasteiger partial charge in [0.25, 0.3) is 0 Å². The number of nitrogens with zero attached hydrogens (tertiary/aromatic N) is 1. The van der Waals surface area contributed by atoms with Gasteiger partial charge in [-0.05, 0) is 41.8 Å². The highest BCUT2D eigenvalue weighted by molar-refractivity contribution is 5.84. The Morgan fingerprint density at radius 2 is 2.04 bits per heavy atom. The zero-order chi connectivity index (χ0) is 17.0. The van der Waals surface area contributed by atoms with E-state index in [0.717, 1.165) is 16.7 Å². The van der Waals surface area contributed by atoms with E-state index in [1.54, 1.807) is 12.1 Å². The number of rotatable bonds is 4. The molecule has 0 fully saturated rings. The van der Waals surface area contributed by atoms with Crippen molar-refractivity contribution in [3.63, 3.8) is 0 Å². The first-order chi connectivity index (χ1) is 11.6. The van der Waals surface area contributed by atoms with Crippen LogP contribution in [0.15, 0.2) is 53.5 Å². The summed E-state index contributed by atoms with van der Waals surface area (Å²) in [6, 6.07) is 14.2. The van der Waals surface area contributed by atoms with Crippen molar-refractivity contribution in [2.24, 2.45) is 4.99 Å². The molecule has 0 aromatic heterocycles. The Hall–Kier alpha value is -2.73. The fraction of sp³-hybridized carbons (Fsp3) is 0.222. The van der Waals surface area contributed by atoms with Crippen molar-refractivity contribution >= 4 is 12.3 Å². The fourth-order valence-electron chi connectivity index (χ4n) is 2.68. The molecule has 1 unspecified atom stereocenters. The maximum Gasteiger partial charge on any atom is 0.320 e. The minimum absolute atomic E-state index is 0.251. The maximum absolute atomic E-state index is 13.1. The predicted octanol–water partition coefficient (Wildman–Crippen LogP) is 2.81. The Kier molecular flexibility index (Phi) is 4.57. The molecule has 0 bridgehead atoms. The summed E-state index contributed by atoms with van der Waals surface area (Å²) >= 11 is 0. The van der Waals surface area contributed by atoms with Crippen molar-refractivity contribution < 1.29 is 18.8 Å². The molecule has 5 nitrogen and oxygen atoms in total. The summed E-state index contributed by atoms with van der Waals surface area (Å²) in [5.41, 5.74) is 4.70. The number of carbonyl (C=O) groups is 1. The van der Waals surface area contributed by atoms with Gasteiger partial charge in [-0.2, -0.15) is 0 Å². The Labute approximate surface area is 139 Å². The second-order valence-corrected chi connectivity index (χ2v) is 5.73. The molecule has 0 spiro atoms. The van der Waals surface area contributed by atoms with Gasteiger partial charge in [-0.3, -0.25) is 9.79 Å². The lowest BCUT2D eigenvalue weighted by atomic mass is 9.90. The molecule has 0 saturated heterocycles. The van der Waals surface area contributed by atoms with Crippen molar-refractivity contribution in [2.75, 3.05) is 13.2 Å². The van der Waals surface area contributed by atoms with Crippen LogP contribution in [0, 0.1) is 5.82 Å². The second-order valence-electron chi connectivity index (χ2n) is 5.73. The summed E-state index contributed by atoms with van der Waals surface area (Å²) in [4.78, 5) is 19.4. The first kappa shape index (κ1) is 16.1. The number of hydroxylamine groups is 1. The molecule has 0 radical (unpaired) electrons. The van der Waals surface area contributed by atoms with Gasteiger partial charge in [-0.1, -0.05) is 30.3 Å². The van der Waals surface area contributed by atoms with Crippen molar-refractivity contribution in [3.05, 3.63) is 59.9 Å². The van der Waals surface area contributed by atoms with E-state index in [4.69, 9.17) is 4.74 Å². The molecule has 0 saturated carbocycles. The summed E-state index contributed by atoms with van der Waals surface area (Å²) in [7, 11) is 0. The average molecular weight is 328 g/mol. The largest absolute Gasteiger partial charge is 0.371 e. The monoisotopic (exact) mass is 328 g/mol. The summed E-state index contributed by atoms with van der Waals surface area (Å²) in [6.45, 7) is 2.90. The van der Waals surface area contributed by atoms with E-state index in [-0.39, 0.29) is 12.4 Å². The number of hydrogen-bond donors (Lipinski definition) is 1. The number of hydrogen-bond acceptors (Lipinski definition) is 5. The smallest absolute Gasteiger partial charge is 0.320 e. The second kappa shape index (κ2) is 6.80. The summed E-state index contributed by atoms with van der Waals surface area (Å²) in [5.74, 6) is 0.182. The van der Waals surface area contributed by atoms with Crippen molar-refractivity contribution in [1.29, 1.82) is 0 Å². The Balaban J connectivity index is 1.92. The third-order valence-corrected chi connectivity index (χ3v) is 3.89. The lowest BCUT2D eigenvalue weighted by Crippen LogP contribution is -2.40. The first-order valence-corrected chi connectivity index (χ1v) is 7.49.